The molecule has 0 saturated heterocycles. The SMILES string of the molecule is CCOC(=O)c1ccc2c(c1)NC(=O)C2C(=Nc1ccc(CN(C)C)c(NC(C)=O)c1)c1ccccc1. The van der Waals surface area contributed by atoms with E-state index in [0.29, 0.717) is 34.9 Å². The van der Waals surface area contributed by atoms with E-state index in [-0.39, 0.29) is 18.4 Å². The first kappa shape index (κ1) is 25.8. The molecule has 0 fully saturated rings. The van der Waals surface area contributed by atoms with Gasteiger partial charge in [0.05, 0.1) is 23.6 Å². The van der Waals surface area contributed by atoms with E-state index in [4.69, 9.17) is 9.73 Å². The van der Waals surface area contributed by atoms with E-state index in [0.717, 1.165) is 16.7 Å². The number of hydrogen-bond donors (Lipinski definition) is 2. The highest BCUT2D eigenvalue weighted by Gasteiger charge is 2.36. The van der Waals surface area contributed by atoms with E-state index in [1.54, 1.807) is 25.1 Å². The van der Waals surface area contributed by atoms with Crippen molar-refractivity contribution in [2.45, 2.75) is 26.3 Å². The van der Waals surface area contributed by atoms with Gasteiger partial charge in [0.25, 0.3) is 0 Å². The predicted molar refractivity (Wildman–Crippen MR) is 145 cm³/mol. The van der Waals surface area contributed by atoms with Crippen LogP contribution in [0.3, 0.4) is 0 Å². The molecule has 37 heavy (non-hydrogen) atoms. The van der Waals surface area contributed by atoms with Gasteiger partial charge < -0.3 is 20.3 Å². The highest BCUT2D eigenvalue weighted by molar-refractivity contribution is 6.24. The van der Waals surface area contributed by atoms with Crippen LogP contribution in [0, 0.1) is 0 Å². The van der Waals surface area contributed by atoms with Gasteiger partial charge in [-0.15, -0.1) is 0 Å². The molecule has 3 aromatic carbocycles. The smallest absolute Gasteiger partial charge is 0.338 e. The van der Waals surface area contributed by atoms with Crippen LogP contribution in [-0.4, -0.2) is 49.1 Å². The normalized spacial score (nSPS) is 14.8. The summed E-state index contributed by atoms with van der Waals surface area (Å²) in [5.41, 5.74) is 5.25. The molecule has 3 aromatic rings. The van der Waals surface area contributed by atoms with Gasteiger partial charge in [0.1, 0.15) is 5.92 Å². The average Bonchev–Trinajstić information content (AvgIpc) is 3.18. The number of ether oxygens (including phenoxy) is 1. The maximum Gasteiger partial charge on any atom is 0.338 e. The number of carbonyl (C=O) groups is 3. The van der Waals surface area contributed by atoms with Crippen LogP contribution in [0.15, 0.2) is 71.7 Å². The lowest BCUT2D eigenvalue weighted by atomic mass is 9.90. The lowest BCUT2D eigenvalue weighted by molar-refractivity contribution is -0.116. The minimum absolute atomic E-state index is 0.175. The molecule has 2 N–H and O–H groups in total. The lowest BCUT2D eigenvalue weighted by Crippen LogP contribution is -2.22. The number of nitrogens with zero attached hydrogens (tertiary/aromatic N) is 2. The van der Waals surface area contributed by atoms with Gasteiger partial charge in [-0.25, -0.2) is 4.79 Å². The Morgan fingerprint density at radius 2 is 1.78 bits per heavy atom. The number of hydrogen-bond acceptors (Lipinski definition) is 6. The zero-order chi connectivity index (χ0) is 26.5. The molecule has 0 spiro atoms. The standard InChI is InChI=1S/C29H30N4O4/c1-5-37-29(36)20-12-14-23-25(15-20)32-28(35)26(23)27(19-9-7-6-8-10-19)31-22-13-11-21(17-33(3)4)24(16-22)30-18(2)34/h6-16,26H,5,17H2,1-4H3,(H,30,34)(H,32,35). The Kier molecular flexibility index (Phi) is 7.79. The van der Waals surface area contributed by atoms with Crippen molar-refractivity contribution >= 4 is 40.6 Å². The van der Waals surface area contributed by atoms with E-state index in [1.165, 1.54) is 6.92 Å². The Morgan fingerprint density at radius 3 is 2.46 bits per heavy atom. The predicted octanol–water partition coefficient (Wildman–Crippen LogP) is 4.74. The first-order valence-electron chi connectivity index (χ1n) is 12.1. The van der Waals surface area contributed by atoms with E-state index < -0.39 is 11.9 Å². The molecular formula is C29H30N4O4. The number of aliphatic imine (C=N–C) groups is 1. The molecule has 0 bridgehead atoms. The largest absolute Gasteiger partial charge is 0.462 e. The third-order valence-electron chi connectivity index (χ3n) is 5.88. The Morgan fingerprint density at radius 1 is 1.03 bits per heavy atom. The van der Waals surface area contributed by atoms with Crippen molar-refractivity contribution in [2.75, 3.05) is 31.3 Å². The number of carbonyl (C=O) groups excluding carboxylic acids is 3. The molecule has 0 aromatic heterocycles. The van der Waals surface area contributed by atoms with Gasteiger partial charge in [0.15, 0.2) is 0 Å². The van der Waals surface area contributed by atoms with Crippen molar-refractivity contribution in [1.82, 2.24) is 4.90 Å². The quantitative estimate of drug-likeness (QED) is 0.345. The highest BCUT2D eigenvalue weighted by atomic mass is 16.5. The molecule has 1 aliphatic rings. The van der Waals surface area contributed by atoms with Crippen LogP contribution in [0.1, 0.15) is 46.8 Å². The third kappa shape index (κ3) is 5.92. The van der Waals surface area contributed by atoms with Crippen LogP contribution >= 0.6 is 0 Å². The van der Waals surface area contributed by atoms with E-state index in [2.05, 4.69) is 10.6 Å². The molecule has 2 amide bonds. The zero-order valence-corrected chi connectivity index (χ0v) is 21.4. The lowest BCUT2D eigenvalue weighted by Gasteiger charge is -2.17. The van der Waals surface area contributed by atoms with Gasteiger partial charge in [0.2, 0.25) is 11.8 Å². The van der Waals surface area contributed by atoms with Crippen LogP contribution < -0.4 is 10.6 Å². The summed E-state index contributed by atoms with van der Waals surface area (Å²) in [6, 6.07) is 20.2. The van der Waals surface area contributed by atoms with Crippen LogP contribution in [0.4, 0.5) is 17.1 Å². The summed E-state index contributed by atoms with van der Waals surface area (Å²) in [6.07, 6.45) is 0. The molecule has 0 aliphatic carbocycles. The maximum atomic E-state index is 13.3. The Hall–Kier alpha value is -4.30. The first-order chi connectivity index (χ1) is 17.8. The number of anilines is 2. The molecule has 190 valence electrons. The van der Waals surface area contributed by atoms with Crippen molar-refractivity contribution in [3.63, 3.8) is 0 Å². The van der Waals surface area contributed by atoms with Gasteiger partial charge in [-0.3, -0.25) is 14.6 Å². The minimum Gasteiger partial charge on any atom is -0.462 e. The summed E-state index contributed by atoms with van der Waals surface area (Å²) in [7, 11) is 3.92. The highest BCUT2D eigenvalue weighted by Crippen LogP contribution is 2.37. The average molecular weight is 499 g/mol. The molecule has 8 nitrogen and oxygen atoms in total. The Labute approximate surface area is 216 Å². The van der Waals surface area contributed by atoms with Crippen molar-refractivity contribution in [3.05, 3.63) is 89.0 Å². The molecule has 0 saturated carbocycles. The van der Waals surface area contributed by atoms with Crippen LogP contribution in [0.5, 0.6) is 0 Å². The summed E-state index contributed by atoms with van der Waals surface area (Å²) in [5, 5.41) is 5.79. The molecule has 4 rings (SSSR count). The third-order valence-corrected chi connectivity index (χ3v) is 5.88. The summed E-state index contributed by atoms with van der Waals surface area (Å²) in [4.78, 5) is 44.3. The minimum atomic E-state index is -0.681. The summed E-state index contributed by atoms with van der Waals surface area (Å²) in [5.74, 6) is -1.53. The summed E-state index contributed by atoms with van der Waals surface area (Å²) < 4.78 is 5.10. The van der Waals surface area contributed by atoms with Crippen molar-refractivity contribution in [2.24, 2.45) is 4.99 Å². The van der Waals surface area contributed by atoms with Gasteiger partial charge in [-0.1, -0.05) is 42.5 Å². The van der Waals surface area contributed by atoms with Gasteiger partial charge >= 0.3 is 5.97 Å². The summed E-state index contributed by atoms with van der Waals surface area (Å²) in [6.45, 7) is 4.13. The van der Waals surface area contributed by atoms with Gasteiger partial charge in [-0.2, -0.15) is 0 Å². The molecule has 1 heterocycles. The number of nitrogens with one attached hydrogen (secondary N) is 2. The summed E-state index contributed by atoms with van der Waals surface area (Å²) >= 11 is 0. The number of fused-ring (bicyclic) bond motifs is 1. The second-order valence-electron chi connectivity index (χ2n) is 9.07. The molecule has 1 atom stereocenters. The monoisotopic (exact) mass is 498 g/mol. The molecular weight excluding hydrogens is 468 g/mol. The molecule has 8 heteroatoms. The Balaban J connectivity index is 1.81. The zero-order valence-electron chi connectivity index (χ0n) is 21.4. The maximum absolute atomic E-state index is 13.3. The van der Waals surface area contributed by atoms with E-state index in [9.17, 15) is 14.4 Å². The fraction of sp³-hybridized carbons (Fsp3) is 0.241. The van der Waals surface area contributed by atoms with Gasteiger partial charge in [0, 0.05) is 24.8 Å². The molecule has 1 aliphatic heterocycles. The first-order valence-corrected chi connectivity index (χ1v) is 12.1. The fourth-order valence-corrected chi connectivity index (χ4v) is 4.34. The molecule has 1 unspecified atom stereocenters. The second-order valence-corrected chi connectivity index (χ2v) is 9.07. The molecule has 0 radical (unpaired) electrons. The van der Waals surface area contributed by atoms with E-state index >= 15 is 0 Å². The van der Waals surface area contributed by atoms with E-state index in [1.807, 2.05) is 67.5 Å². The van der Waals surface area contributed by atoms with Crippen LogP contribution in [0.2, 0.25) is 0 Å². The second kappa shape index (κ2) is 11.2. The fourth-order valence-electron chi connectivity index (χ4n) is 4.34. The number of esters is 1. The van der Waals surface area contributed by atoms with Crippen LogP contribution in [-0.2, 0) is 20.9 Å². The van der Waals surface area contributed by atoms with Crippen molar-refractivity contribution in [1.29, 1.82) is 0 Å². The Bertz CT molecular complexity index is 1370. The van der Waals surface area contributed by atoms with Crippen molar-refractivity contribution in [3.8, 4) is 0 Å². The number of rotatable bonds is 8. The van der Waals surface area contributed by atoms with Gasteiger partial charge in [-0.05, 0) is 62.0 Å². The number of benzene rings is 3. The van der Waals surface area contributed by atoms with Crippen LogP contribution in [0.25, 0.3) is 0 Å². The van der Waals surface area contributed by atoms with Crippen molar-refractivity contribution < 1.29 is 19.1 Å². The number of amides is 2. The topological polar surface area (TPSA) is 100 Å².